The van der Waals surface area contributed by atoms with Crippen molar-refractivity contribution >= 4 is 5.82 Å². The number of rotatable bonds is 6. The zero-order valence-electron chi connectivity index (χ0n) is 10.5. The number of hydrogen-bond donors (Lipinski definition) is 2. The highest BCUT2D eigenvalue weighted by Crippen LogP contribution is 2.19. The van der Waals surface area contributed by atoms with Crippen LogP contribution in [0.15, 0.2) is 0 Å². The van der Waals surface area contributed by atoms with Crippen LogP contribution >= 0.6 is 0 Å². The van der Waals surface area contributed by atoms with E-state index in [4.69, 9.17) is 5.26 Å². The molecule has 0 radical (unpaired) electrons. The molecule has 1 aliphatic carbocycles. The second-order valence-corrected chi connectivity index (χ2v) is 4.55. The minimum absolute atomic E-state index is 0.655. The van der Waals surface area contributed by atoms with Gasteiger partial charge in [0.25, 0.3) is 0 Å². The van der Waals surface area contributed by atoms with Gasteiger partial charge in [-0.2, -0.15) is 10.4 Å². The maximum Gasteiger partial charge on any atom is 0.142 e. The topological polar surface area (TPSA) is 65.7 Å². The molecule has 1 fully saturated rings. The van der Waals surface area contributed by atoms with Gasteiger partial charge >= 0.3 is 0 Å². The Hall–Kier alpha value is -1.54. The van der Waals surface area contributed by atoms with Crippen molar-refractivity contribution in [2.75, 3.05) is 18.4 Å². The van der Waals surface area contributed by atoms with Crippen molar-refractivity contribution in [3.63, 3.8) is 0 Å². The molecule has 17 heavy (non-hydrogen) atoms. The Labute approximate surface area is 102 Å². The fourth-order valence-electron chi connectivity index (χ4n) is 1.88. The summed E-state index contributed by atoms with van der Waals surface area (Å²) in [5.74, 6) is 0.830. The molecular formula is C12H19N5. The van der Waals surface area contributed by atoms with Gasteiger partial charge in [0, 0.05) is 19.6 Å². The molecule has 0 saturated heterocycles. The molecule has 0 aliphatic heterocycles. The highest BCUT2D eigenvalue weighted by molar-refractivity contribution is 5.54. The third kappa shape index (κ3) is 2.98. The van der Waals surface area contributed by atoms with Gasteiger partial charge in [0.15, 0.2) is 0 Å². The number of nitrogens with one attached hydrogen (secondary N) is 2. The maximum atomic E-state index is 9.04. The molecule has 1 aromatic rings. The zero-order valence-corrected chi connectivity index (χ0v) is 10.5. The van der Waals surface area contributed by atoms with Crippen molar-refractivity contribution in [2.24, 2.45) is 7.05 Å². The van der Waals surface area contributed by atoms with Crippen molar-refractivity contribution in [3.05, 3.63) is 11.3 Å². The Kier molecular flexibility index (Phi) is 3.64. The summed E-state index contributed by atoms with van der Waals surface area (Å²) in [5, 5.41) is 20.0. The molecule has 5 nitrogen and oxygen atoms in total. The van der Waals surface area contributed by atoms with Crippen LogP contribution in [0, 0.1) is 18.3 Å². The molecule has 5 heteroatoms. The highest BCUT2D eigenvalue weighted by Gasteiger charge is 2.19. The standard InChI is InChI=1S/C12H19N5/c1-9-11(8-13)12(17(2)16-9)15-7-3-6-14-10-4-5-10/h10,14-15H,3-7H2,1-2H3. The number of aryl methyl sites for hydroxylation is 2. The van der Waals surface area contributed by atoms with Gasteiger partial charge in [0.2, 0.25) is 0 Å². The number of nitriles is 1. The summed E-state index contributed by atoms with van der Waals surface area (Å²) in [7, 11) is 1.86. The van der Waals surface area contributed by atoms with Crippen LogP contribution in [0.2, 0.25) is 0 Å². The molecule has 1 aromatic heterocycles. The predicted octanol–water partition coefficient (Wildman–Crippen LogP) is 1.15. The first kappa shape index (κ1) is 11.9. The summed E-state index contributed by atoms with van der Waals surface area (Å²) >= 11 is 0. The van der Waals surface area contributed by atoms with E-state index in [1.54, 1.807) is 4.68 Å². The molecule has 0 spiro atoms. The van der Waals surface area contributed by atoms with E-state index >= 15 is 0 Å². The van der Waals surface area contributed by atoms with E-state index in [2.05, 4.69) is 21.8 Å². The fourth-order valence-corrected chi connectivity index (χ4v) is 1.88. The average Bonchev–Trinajstić information content (AvgIpc) is 3.06. The van der Waals surface area contributed by atoms with Crippen molar-refractivity contribution in [2.45, 2.75) is 32.2 Å². The Bertz CT molecular complexity index is 425. The summed E-state index contributed by atoms with van der Waals surface area (Å²) in [6.07, 6.45) is 3.71. The second kappa shape index (κ2) is 5.19. The van der Waals surface area contributed by atoms with Crippen molar-refractivity contribution in [1.29, 1.82) is 5.26 Å². The SMILES string of the molecule is Cc1nn(C)c(NCCCNC2CC2)c1C#N. The third-order valence-corrected chi connectivity index (χ3v) is 2.99. The van der Waals surface area contributed by atoms with E-state index in [0.717, 1.165) is 37.1 Å². The van der Waals surface area contributed by atoms with Gasteiger partial charge in [-0.1, -0.05) is 0 Å². The van der Waals surface area contributed by atoms with E-state index < -0.39 is 0 Å². The monoisotopic (exact) mass is 233 g/mol. The van der Waals surface area contributed by atoms with Crippen LogP contribution in [0.4, 0.5) is 5.82 Å². The van der Waals surface area contributed by atoms with Gasteiger partial charge in [-0.15, -0.1) is 0 Å². The molecule has 1 saturated carbocycles. The van der Waals surface area contributed by atoms with Gasteiger partial charge in [0.1, 0.15) is 17.5 Å². The summed E-state index contributed by atoms with van der Waals surface area (Å²) in [6, 6.07) is 2.96. The lowest BCUT2D eigenvalue weighted by molar-refractivity contribution is 0.656. The summed E-state index contributed by atoms with van der Waals surface area (Å²) in [5.41, 5.74) is 1.44. The van der Waals surface area contributed by atoms with Gasteiger partial charge in [-0.05, 0) is 32.7 Å². The third-order valence-electron chi connectivity index (χ3n) is 2.99. The first-order chi connectivity index (χ1) is 8.22. The molecular weight excluding hydrogens is 214 g/mol. The minimum Gasteiger partial charge on any atom is -0.369 e. The van der Waals surface area contributed by atoms with E-state index in [1.165, 1.54) is 12.8 Å². The summed E-state index contributed by atoms with van der Waals surface area (Å²) in [6.45, 7) is 3.77. The Morgan fingerprint density at radius 3 is 2.88 bits per heavy atom. The van der Waals surface area contributed by atoms with Crippen LogP contribution in [0.5, 0.6) is 0 Å². The molecule has 2 N–H and O–H groups in total. The lowest BCUT2D eigenvalue weighted by atomic mass is 10.2. The quantitative estimate of drug-likeness (QED) is 0.723. The number of nitrogens with zero attached hydrogens (tertiary/aromatic N) is 3. The van der Waals surface area contributed by atoms with Crippen LogP contribution in [-0.2, 0) is 7.05 Å². The zero-order chi connectivity index (χ0) is 12.3. The number of aromatic nitrogens is 2. The molecule has 0 bridgehead atoms. The Morgan fingerprint density at radius 1 is 1.47 bits per heavy atom. The number of hydrogen-bond acceptors (Lipinski definition) is 4. The van der Waals surface area contributed by atoms with E-state index in [-0.39, 0.29) is 0 Å². The smallest absolute Gasteiger partial charge is 0.142 e. The second-order valence-electron chi connectivity index (χ2n) is 4.55. The van der Waals surface area contributed by atoms with Crippen molar-refractivity contribution in [3.8, 4) is 6.07 Å². The maximum absolute atomic E-state index is 9.04. The van der Waals surface area contributed by atoms with E-state index in [1.807, 2.05) is 14.0 Å². The molecule has 92 valence electrons. The predicted molar refractivity (Wildman–Crippen MR) is 66.8 cm³/mol. The minimum atomic E-state index is 0.655. The number of anilines is 1. The van der Waals surface area contributed by atoms with Crippen LogP contribution < -0.4 is 10.6 Å². The van der Waals surface area contributed by atoms with Gasteiger partial charge in [-0.25, -0.2) is 0 Å². The van der Waals surface area contributed by atoms with Gasteiger partial charge in [0.05, 0.1) is 5.69 Å². The summed E-state index contributed by atoms with van der Waals surface area (Å²) in [4.78, 5) is 0. The van der Waals surface area contributed by atoms with Crippen molar-refractivity contribution < 1.29 is 0 Å². The molecule has 2 rings (SSSR count). The van der Waals surface area contributed by atoms with Crippen LogP contribution in [0.1, 0.15) is 30.5 Å². The molecule has 0 unspecified atom stereocenters. The first-order valence-electron chi connectivity index (χ1n) is 6.13. The normalized spacial score (nSPS) is 14.6. The van der Waals surface area contributed by atoms with Gasteiger partial charge in [-0.3, -0.25) is 4.68 Å². The Balaban J connectivity index is 1.79. The molecule has 0 amide bonds. The van der Waals surface area contributed by atoms with Crippen LogP contribution in [0.3, 0.4) is 0 Å². The van der Waals surface area contributed by atoms with Gasteiger partial charge < -0.3 is 10.6 Å². The first-order valence-corrected chi connectivity index (χ1v) is 6.13. The largest absolute Gasteiger partial charge is 0.369 e. The lowest BCUT2D eigenvalue weighted by Crippen LogP contribution is -2.20. The molecule has 0 aromatic carbocycles. The van der Waals surface area contributed by atoms with Crippen LogP contribution in [-0.4, -0.2) is 28.9 Å². The van der Waals surface area contributed by atoms with E-state index in [9.17, 15) is 0 Å². The van der Waals surface area contributed by atoms with E-state index in [0.29, 0.717) is 5.56 Å². The van der Waals surface area contributed by atoms with Crippen LogP contribution in [0.25, 0.3) is 0 Å². The van der Waals surface area contributed by atoms with Crippen molar-refractivity contribution in [1.82, 2.24) is 15.1 Å². The molecule has 0 atom stereocenters. The molecule has 1 heterocycles. The fraction of sp³-hybridized carbons (Fsp3) is 0.667. The highest BCUT2D eigenvalue weighted by atomic mass is 15.3. The lowest BCUT2D eigenvalue weighted by Gasteiger charge is -2.07. The average molecular weight is 233 g/mol. The molecule has 1 aliphatic rings. The Morgan fingerprint density at radius 2 is 2.24 bits per heavy atom. The summed E-state index contributed by atoms with van der Waals surface area (Å²) < 4.78 is 1.74.